The molecule has 0 bridgehead atoms. The molecule has 3 aliphatic rings. The zero-order chi connectivity index (χ0) is 15.3. The van der Waals surface area contributed by atoms with Crippen LogP contribution in [0, 0.1) is 5.92 Å². The van der Waals surface area contributed by atoms with Gasteiger partial charge in [0.1, 0.15) is 11.3 Å². The van der Waals surface area contributed by atoms with Crippen LogP contribution in [0.25, 0.3) is 0 Å². The lowest BCUT2D eigenvalue weighted by Gasteiger charge is -2.25. The molecule has 0 radical (unpaired) electrons. The van der Waals surface area contributed by atoms with Crippen LogP contribution < -0.4 is 5.32 Å². The van der Waals surface area contributed by atoms with Crippen molar-refractivity contribution in [1.82, 2.24) is 15.2 Å². The minimum Gasteiger partial charge on any atom is -0.369 e. The Morgan fingerprint density at radius 1 is 1.50 bits per heavy atom. The summed E-state index contributed by atoms with van der Waals surface area (Å²) in [5.74, 6) is 0.737. The molecular weight excluding hydrogens is 302 g/mol. The van der Waals surface area contributed by atoms with Crippen LogP contribution in [-0.4, -0.2) is 41.5 Å². The van der Waals surface area contributed by atoms with Crippen LogP contribution >= 0.6 is 11.6 Å². The van der Waals surface area contributed by atoms with Gasteiger partial charge >= 0.3 is 0 Å². The summed E-state index contributed by atoms with van der Waals surface area (Å²) in [6.45, 7) is 4.92. The van der Waals surface area contributed by atoms with Crippen LogP contribution in [0.5, 0.6) is 0 Å². The second-order valence-electron chi connectivity index (χ2n) is 6.44. The molecule has 0 spiro atoms. The minimum absolute atomic E-state index is 0.0859. The average Bonchev–Trinajstić information content (AvgIpc) is 3.32. The maximum Gasteiger partial charge on any atom is 0.256 e. The van der Waals surface area contributed by atoms with Crippen LogP contribution in [0.3, 0.4) is 0 Å². The van der Waals surface area contributed by atoms with Gasteiger partial charge < -0.3 is 15.0 Å². The maximum absolute atomic E-state index is 12.9. The van der Waals surface area contributed by atoms with E-state index in [1.165, 1.54) is 12.8 Å². The number of carbonyl (C=O) groups excluding carboxylic acids is 1. The van der Waals surface area contributed by atoms with E-state index in [4.69, 9.17) is 16.3 Å². The number of halogens is 1. The number of fused-ring (bicyclic) bond motifs is 1. The molecule has 1 aromatic heterocycles. The summed E-state index contributed by atoms with van der Waals surface area (Å²) in [4.78, 5) is 19.3. The molecule has 2 atom stereocenters. The Bertz CT molecular complexity index is 612. The van der Waals surface area contributed by atoms with Crippen molar-refractivity contribution in [2.24, 2.45) is 5.92 Å². The van der Waals surface area contributed by atoms with E-state index in [1.807, 2.05) is 11.0 Å². The van der Waals surface area contributed by atoms with Crippen molar-refractivity contribution in [3.8, 4) is 0 Å². The molecule has 1 aromatic rings. The molecule has 1 N–H and O–H groups in total. The smallest absolute Gasteiger partial charge is 0.256 e. The third kappa shape index (κ3) is 2.41. The normalized spacial score (nSPS) is 26.2. The van der Waals surface area contributed by atoms with Crippen LogP contribution in [0.4, 0.5) is 0 Å². The number of hydrogen-bond acceptors (Lipinski definition) is 4. The van der Waals surface area contributed by atoms with Crippen LogP contribution in [-0.2, 0) is 11.3 Å². The van der Waals surface area contributed by atoms with E-state index in [0.29, 0.717) is 42.0 Å². The van der Waals surface area contributed by atoms with Crippen molar-refractivity contribution in [3.05, 3.63) is 28.0 Å². The third-order valence-corrected chi connectivity index (χ3v) is 5.14. The standard InChI is InChI=1S/C16H20ClN3O2/c1-9(10-2-3-10)20-8-11-6-13(17)19-15(14(11)16(20)21)12-7-18-4-5-22-12/h6,9-10,12,18H,2-5,7-8H2,1H3/t9?,12-/m0/s1. The molecule has 1 saturated carbocycles. The molecule has 5 nitrogen and oxygen atoms in total. The number of morpholine rings is 1. The number of pyridine rings is 1. The highest BCUT2D eigenvalue weighted by Crippen LogP contribution is 2.40. The number of ether oxygens (including phenoxy) is 1. The van der Waals surface area contributed by atoms with E-state index in [1.54, 1.807) is 0 Å². The Morgan fingerprint density at radius 3 is 3.00 bits per heavy atom. The van der Waals surface area contributed by atoms with Gasteiger partial charge in [0.2, 0.25) is 0 Å². The molecule has 1 aliphatic carbocycles. The van der Waals surface area contributed by atoms with Crippen molar-refractivity contribution >= 4 is 17.5 Å². The summed E-state index contributed by atoms with van der Waals surface area (Å²) in [7, 11) is 0. The lowest BCUT2D eigenvalue weighted by atomic mass is 10.0. The summed E-state index contributed by atoms with van der Waals surface area (Å²) in [5, 5.41) is 3.73. The highest BCUT2D eigenvalue weighted by molar-refractivity contribution is 6.29. The van der Waals surface area contributed by atoms with Crippen molar-refractivity contribution in [1.29, 1.82) is 0 Å². The molecule has 2 fully saturated rings. The molecule has 4 rings (SSSR count). The molecule has 118 valence electrons. The SMILES string of the molecule is CC(C1CC1)N1Cc2cc(Cl)nc([C@@H]3CNCCO3)c2C1=O. The zero-order valence-corrected chi connectivity index (χ0v) is 13.4. The zero-order valence-electron chi connectivity index (χ0n) is 12.6. The Kier molecular flexibility index (Phi) is 3.59. The van der Waals surface area contributed by atoms with Gasteiger partial charge in [0.15, 0.2) is 0 Å². The van der Waals surface area contributed by atoms with E-state index < -0.39 is 0 Å². The number of nitrogens with one attached hydrogen (secondary N) is 1. The molecular formula is C16H20ClN3O2. The van der Waals surface area contributed by atoms with E-state index in [-0.39, 0.29) is 18.1 Å². The molecule has 22 heavy (non-hydrogen) atoms. The van der Waals surface area contributed by atoms with Gasteiger partial charge in [0, 0.05) is 25.7 Å². The fourth-order valence-electron chi connectivity index (χ4n) is 3.49. The highest BCUT2D eigenvalue weighted by Gasteiger charge is 2.41. The fraction of sp³-hybridized carbons (Fsp3) is 0.625. The van der Waals surface area contributed by atoms with Gasteiger partial charge in [-0.25, -0.2) is 4.98 Å². The van der Waals surface area contributed by atoms with E-state index in [9.17, 15) is 4.79 Å². The summed E-state index contributed by atoms with van der Waals surface area (Å²) in [6.07, 6.45) is 2.26. The monoisotopic (exact) mass is 321 g/mol. The predicted molar refractivity (Wildman–Crippen MR) is 82.9 cm³/mol. The number of carbonyl (C=O) groups is 1. The molecule has 6 heteroatoms. The third-order valence-electron chi connectivity index (χ3n) is 4.94. The molecule has 1 saturated heterocycles. The Hall–Kier alpha value is -1.17. The van der Waals surface area contributed by atoms with Gasteiger partial charge in [-0.2, -0.15) is 0 Å². The van der Waals surface area contributed by atoms with E-state index in [2.05, 4.69) is 17.2 Å². The Balaban J connectivity index is 1.69. The van der Waals surface area contributed by atoms with Gasteiger partial charge in [-0.3, -0.25) is 4.79 Å². The highest BCUT2D eigenvalue weighted by atomic mass is 35.5. The van der Waals surface area contributed by atoms with E-state index >= 15 is 0 Å². The lowest BCUT2D eigenvalue weighted by molar-refractivity contribution is 0.0241. The maximum atomic E-state index is 12.9. The lowest BCUT2D eigenvalue weighted by Crippen LogP contribution is -2.36. The van der Waals surface area contributed by atoms with Crippen molar-refractivity contribution in [3.63, 3.8) is 0 Å². The topological polar surface area (TPSA) is 54.5 Å². The van der Waals surface area contributed by atoms with Crippen molar-refractivity contribution in [2.75, 3.05) is 19.7 Å². The van der Waals surface area contributed by atoms with Crippen LogP contribution in [0.1, 0.15) is 47.5 Å². The summed E-state index contributed by atoms with van der Waals surface area (Å²) < 4.78 is 5.79. The second kappa shape index (κ2) is 5.48. The van der Waals surface area contributed by atoms with Gasteiger partial charge in [-0.15, -0.1) is 0 Å². The second-order valence-corrected chi connectivity index (χ2v) is 6.83. The van der Waals surface area contributed by atoms with Crippen LogP contribution in [0.15, 0.2) is 6.07 Å². The number of rotatable bonds is 3. The first-order valence-electron chi connectivity index (χ1n) is 7.97. The van der Waals surface area contributed by atoms with E-state index in [0.717, 1.165) is 12.1 Å². The first-order valence-corrected chi connectivity index (χ1v) is 8.35. The molecule has 3 heterocycles. The van der Waals surface area contributed by atoms with Gasteiger partial charge in [0.25, 0.3) is 5.91 Å². The molecule has 2 aliphatic heterocycles. The predicted octanol–water partition coefficient (Wildman–Crippen LogP) is 2.15. The first kappa shape index (κ1) is 14.4. The first-order chi connectivity index (χ1) is 10.6. The largest absolute Gasteiger partial charge is 0.369 e. The number of nitrogens with zero attached hydrogens (tertiary/aromatic N) is 2. The van der Waals surface area contributed by atoms with Crippen molar-refractivity contribution < 1.29 is 9.53 Å². The molecule has 0 aromatic carbocycles. The summed E-state index contributed by atoms with van der Waals surface area (Å²) in [6, 6.07) is 2.12. The van der Waals surface area contributed by atoms with Gasteiger partial charge in [-0.1, -0.05) is 11.6 Å². The Morgan fingerprint density at radius 2 is 2.32 bits per heavy atom. The molecule has 1 amide bonds. The molecule has 1 unspecified atom stereocenters. The van der Waals surface area contributed by atoms with Crippen molar-refractivity contribution in [2.45, 2.75) is 38.5 Å². The van der Waals surface area contributed by atoms with Gasteiger partial charge in [0.05, 0.1) is 17.9 Å². The summed E-state index contributed by atoms with van der Waals surface area (Å²) >= 11 is 6.18. The summed E-state index contributed by atoms with van der Waals surface area (Å²) in [5.41, 5.74) is 2.40. The quantitative estimate of drug-likeness (QED) is 0.867. The Labute approximate surface area is 135 Å². The number of hydrogen-bond donors (Lipinski definition) is 1. The minimum atomic E-state index is -0.193. The van der Waals surface area contributed by atoms with Crippen LogP contribution in [0.2, 0.25) is 5.15 Å². The van der Waals surface area contributed by atoms with Gasteiger partial charge in [-0.05, 0) is 37.3 Å². The number of aromatic nitrogens is 1. The fourth-order valence-corrected chi connectivity index (χ4v) is 3.71. The number of amides is 1. The average molecular weight is 322 g/mol.